The molecule has 300 valence electrons. The molecule has 4 rings (SSSR count). The molecule has 4 N–H and O–H groups in total. The SMILES string of the molecule is CCCC(N1\C(=C/C=C/C=C/C=C/c2[se]c3c(Br)c(Br)c(Br)cc3[n+]2CCCS(=O)(=O)O)C(C)(CCCCC(=O)O)c2cc(S(=O)(=O)O)ccc21)S(=O)(=O)O. The van der Waals surface area contributed by atoms with Crippen molar-refractivity contribution in [2.75, 3.05) is 10.7 Å². The van der Waals surface area contributed by atoms with Gasteiger partial charge in [0.2, 0.25) is 0 Å². The predicted molar refractivity (Wildman–Crippen MR) is 223 cm³/mol. The van der Waals surface area contributed by atoms with E-state index in [2.05, 4.69) is 47.8 Å². The number of unbranched alkanes of at least 4 members (excludes halogenated alkanes) is 1. The van der Waals surface area contributed by atoms with Gasteiger partial charge in [-0.25, -0.2) is 0 Å². The number of aliphatic carboxylic acids is 1. The molecule has 0 bridgehead atoms. The third kappa shape index (κ3) is 11.4. The molecule has 20 heteroatoms. The first-order valence-corrected chi connectivity index (χ1v) is 25.5. The molecule has 0 saturated carbocycles. The third-order valence-electron chi connectivity index (χ3n) is 9.01. The molecule has 0 spiro atoms. The second-order valence-electron chi connectivity index (χ2n) is 13.0. The van der Waals surface area contributed by atoms with Gasteiger partial charge in [-0.05, 0) is 12.5 Å². The normalized spacial score (nSPS) is 18.1. The Balaban J connectivity index is 1.74. The quantitative estimate of drug-likeness (QED) is 0.0245. The molecule has 0 radical (unpaired) electrons. The number of aryl methyl sites for hydroxylation is 1. The summed E-state index contributed by atoms with van der Waals surface area (Å²) in [5.41, 5.74) is 1.05. The number of carboxylic acid groups (broad SMARTS) is 1. The Hall–Kier alpha value is -1.97. The maximum atomic E-state index is 12.8. The Morgan fingerprint density at radius 2 is 1.62 bits per heavy atom. The van der Waals surface area contributed by atoms with E-state index in [1.54, 1.807) is 44.2 Å². The Morgan fingerprint density at radius 1 is 0.945 bits per heavy atom. The number of hydrogen-bond donors (Lipinski definition) is 4. The van der Waals surface area contributed by atoms with Gasteiger partial charge < -0.3 is 5.11 Å². The van der Waals surface area contributed by atoms with Crippen molar-refractivity contribution < 1.29 is 53.4 Å². The van der Waals surface area contributed by atoms with Gasteiger partial charge in [0.1, 0.15) is 0 Å². The minimum absolute atomic E-state index is 0.0423. The van der Waals surface area contributed by atoms with Crippen molar-refractivity contribution in [3.8, 4) is 0 Å². The molecule has 0 amide bonds. The van der Waals surface area contributed by atoms with E-state index in [0.29, 0.717) is 49.2 Å². The Morgan fingerprint density at radius 3 is 2.24 bits per heavy atom. The summed E-state index contributed by atoms with van der Waals surface area (Å²) in [5.74, 6) is -1.35. The molecule has 2 atom stereocenters. The average molecular weight is 1080 g/mol. The molecule has 2 unspecified atom stereocenters. The van der Waals surface area contributed by atoms with Gasteiger partial charge in [-0.15, -0.1) is 0 Å². The molecule has 0 saturated heterocycles. The number of fused-ring (bicyclic) bond motifs is 2. The van der Waals surface area contributed by atoms with Crippen LogP contribution in [0.2, 0.25) is 0 Å². The van der Waals surface area contributed by atoms with E-state index in [-0.39, 0.29) is 44.4 Å². The van der Waals surface area contributed by atoms with Crippen LogP contribution in [0.15, 0.2) is 84.7 Å². The number of benzene rings is 2. The summed E-state index contributed by atoms with van der Waals surface area (Å²) in [7, 11) is -13.4. The second-order valence-corrected chi connectivity index (χ2v) is 22.1. The summed E-state index contributed by atoms with van der Waals surface area (Å²) in [6.07, 6.45) is 13.9. The second kappa shape index (κ2) is 18.7. The van der Waals surface area contributed by atoms with Gasteiger partial charge in [0, 0.05) is 6.42 Å². The summed E-state index contributed by atoms with van der Waals surface area (Å²) in [5, 5.41) is 7.80. The van der Waals surface area contributed by atoms with E-state index in [0.717, 1.165) is 27.8 Å². The number of allylic oxidation sites excluding steroid dienone is 7. The van der Waals surface area contributed by atoms with E-state index >= 15 is 0 Å². The number of halogens is 3. The standard InChI is InChI=1S/C35H39Br3N2O11S3Se/c1-3-12-29(54(49,50)51)40-26-17-16-23(53(46,47)48)21-24(26)35(2,18-10-9-15-31(41)42)28(40)13-7-5-4-6-8-14-30-39(19-11-20-52(43,44)45)27-22-25(36)32(37)33(38)34(27)55-30/h4-8,13-14,16-17,21-22,29H,3,9-12,15,18-20H2,1-2H3,(H3-,41,42,43,44,45,46,47,48,49,50,51)/p+1. The number of rotatable bonds is 18. The van der Waals surface area contributed by atoms with Crippen LogP contribution in [0.3, 0.4) is 0 Å². The molecule has 55 heavy (non-hydrogen) atoms. The smallest absolute Gasteiger partial charge is 0.284 e. The third-order valence-corrected chi connectivity index (χ3v) is 18.2. The van der Waals surface area contributed by atoms with Crippen molar-refractivity contribution in [3.05, 3.63) is 90.0 Å². The number of carboxylic acids is 1. The van der Waals surface area contributed by atoms with Gasteiger partial charge in [-0.1, -0.05) is 13.3 Å². The van der Waals surface area contributed by atoms with E-state index in [4.69, 9.17) is 0 Å². The van der Waals surface area contributed by atoms with Gasteiger partial charge in [0.05, 0.1) is 4.90 Å². The Labute approximate surface area is 352 Å². The first-order chi connectivity index (χ1) is 25.6. The number of nitrogens with zero attached hydrogens (tertiary/aromatic N) is 2. The monoisotopic (exact) mass is 1080 g/mol. The fraction of sp³-hybridized carbons (Fsp3) is 0.371. The van der Waals surface area contributed by atoms with Crippen molar-refractivity contribution in [2.45, 2.75) is 81.0 Å². The van der Waals surface area contributed by atoms with Crippen molar-refractivity contribution in [2.24, 2.45) is 0 Å². The van der Waals surface area contributed by atoms with E-state index in [9.17, 15) is 48.8 Å². The minimum Gasteiger partial charge on any atom is -0.284 e. The Kier molecular flexibility index (Phi) is 15.6. The zero-order valence-corrected chi connectivity index (χ0v) is 38.5. The van der Waals surface area contributed by atoms with Crippen molar-refractivity contribution >= 4 is 120 Å². The van der Waals surface area contributed by atoms with Crippen LogP contribution in [0.4, 0.5) is 5.69 Å². The summed E-state index contributed by atoms with van der Waals surface area (Å²) in [6.45, 7) is 3.91. The van der Waals surface area contributed by atoms with Crippen molar-refractivity contribution in [1.82, 2.24) is 0 Å². The van der Waals surface area contributed by atoms with Gasteiger partial charge >= 0.3 is 272 Å². The number of aromatic nitrogens is 1. The number of carbonyl (C=O) groups is 1. The molecule has 13 nitrogen and oxygen atoms in total. The fourth-order valence-corrected chi connectivity index (χ4v) is 13.0. The van der Waals surface area contributed by atoms with Crippen molar-refractivity contribution in [3.63, 3.8) is 0 Å². The fourth-order valence-electron chi connectivity index (χ4n) is 6.49. The zero-order valence-electron chi connectivity index (χ0n) is 29.6. The molecule has 2 heterocycles. The maximum absolute atomic E-state index is 12.8. The summed E-state index contributed by atoms with van der Waals surface area (Å²) in [6, 6.07) is 5.81. The predicted octanol–water partition coefficient (Wildman–Crippen LogP) is 7.44. The summed E-state index contributed by atoms with van der Waals surface area (Å²) >= 11 is 10.6. The van der Waals surface area contributed by atoms with Crippen LogP contribution in [-0.4, -0.2) is 75.6 Å². The van der Waals surface area contributed by atoms with Crippen LogP contribution in [0.1, 0.15) is 68.9 Å². The molecular weight excluding hydrogens is 1040 g/mol. The summed E-state index contributed by atoms with van der Waals surface area (Å²) < 4.78 is 109. The van der Waals surface area contributed by atoms with Crippen LogP contribution < -0.4 is 9.47 Å². The summed E-state index contributed by atoms with van der Waals surface area (Å²) in [4.78, 5) is 12.4. The van der Waals surface area contributed by atoms with E-state index in [1.807, 2.05) is 22.8 Å². The van der Waals surface area contributed by atoms with Gasteiger partial charge in [-0.2, -0.15) is 16.8 Å². The molecule has 2 aromatic carbocycles. The topological polar surface area (TPSA) is 208 Å². The van der Waals surface area contributed by atoms with Crippen LogP contribution in [-0.2, 0) is 47.1 Å². The molecule has 0 aliphatic carbocycles. The molecule has 3 aromatic rings. The molecule has 1 aliphatic heterocycles. The number of hydrogen-bond acceptors (Lipinski definition) is 8. The first-order valence-electron chi connectivity index (χ1n) is 16.9. The van der Waals surface area contributed by atoms with Crippen LogP contribution in [0.25, 0.3) is 15.9 Å². The average Bonchev–Trinajstić information content (AvgIpc) is 3.53. The Bertz CT molecular complexity index is 2410. The minimum atomic E-state index is -4.67. The van der Waals surface area contributed by atoms with Crippen molar-refractivity contribution in [1.29, 1.82) is 0 Å². The number of anilines is 1. The van der Waals surface area contributed by atoms with Gasteiger partial charge in [0.15, 0.2) is 0 Å². The molecule has 0 fully saturated rings. The molecule has 1 aromatic heterocycles. The van der Waals surface area contributed by atoms with Crippen LogP contribution in [0.5, 0.6) is 0 Å². The van der Waals surface area contributed by atoms with Gasteiger partial charge in [0.25, 0.3) is 10.1 Å². The van der Waals surface area contributed by atoms with Crippen LogP contribution in [0, 0.1) is 0 Å². The molecular formula is C35H40Br3N2O11S3Se+. The van der Waals surface area contributed by atoms with E-state index < -0.39 is 47.1 Å². The first kappa shape index (κ1) is 45.7. The van der Waals surface area contributed by atoms with E-state index in [1.165, 1.54) is 23.1 Å². The van der Waals surface area contributed by atoms with Crippen LogP contribution >= 0.6 is 47.8 Å². The van der Waals surface area contributed by atoms with Gasteiger partial charge in [-0.3, -0.25) is 13.9 Å². The zero-order chi connectivity index (χ0) is 40.9. The molecule has 1 aliphatic rings.